The Morgan fingerprint density at radius 2 is 1.95 bits per heavy atom. The number of amides is 1. The zero-order valence-corrected chi connectivity index (χ0v) is 12.9. The Morgan fingerprint density at radius 3 is 2.52 bits per heavy atom. The van der Waals surface area contributed by atoms with E-state index >= 15 is 0 Å². The summed E-state index contributed by atoms with van der Waals surface area (Å²) in [6.45, 7) is 2.50. The predicted octanol–water partition coefficient (Wildman–Crippen LogP) is 0.653. The molecule has 7 heteroatoms. The monoisotopic (exact) mass is 312 g/mol. The molecule has 1 amide bonds. The van der Waals surface area contributed by atoms with Gasteiger partial charge < -0.3 is 15.4 Å². The second-order valence-corrected chi connectivity index (χ2v) is 7.23. The summed E-state index contributed by atoms with van der Waals surface area (Å²) in [5.41, 5.74) is 0.580. The van der Waals surface area contributed by atoms with Gasteiger partial charge in [-0.2, -0.15) is 0 Å². The van der Waals surface area contributed by atoms with Crippen molar-refractivity contribution in [3.8, 4) is 0 Å². The summed E-state index contributed by atoms with van der Waals surface area (Å²) in [5, 5.41) is 5.84. The van der Waals surface area contributed by atoms with Gasteiger partial charge >= 0.3 is 0 Å². The number of hydrogen-bond donors (Lipinski definition) is 2. The van der Waals surface area contributed by atoms with Gasteiger partial charge in [-0.1, -0.05) is 6.92 Å². The van der Waals surface area contributed by atoms with E-state index in [1.807, 2.05) is 0 Å². The van der Waals surface area contributed by atoms with E-state index in [2.05, 4.69) is 10.6 Å². The third-order valence-electron chi connectivity index (χ3n) is 3.65. The summed E-state index contributed by atoms with van der Waals surface area (Å²) in [4.78, 5) is 12.4. The molecular formula is C14H20N2O4S. The minimum Gasteiger partial charge on any atom is -0.379 e. The first-order chi connectivity index (χ1) is 9.97. The molecule has 1 aliphatic rings. The van der Waals surface area contributed by atoms with Gasteiger partial charge in [0.25, 0.3) is 0 Å². The molecule has 1 saturated heterocycles. The number of sulfone groups is 1. The van der Waals surface area contributed by atoms with Gasteiger partial charge in [-0.05, 0) is 31.3 Å². The highest BCUT2D eigenvalue weighted by Gasteiger charge is 2.32. The second kappa shape index (κ2) is 6.55. The maximum atomic E-state index is 12.2. The van der Waals surface area contributed by atoms with Crippen molar-refractivity contribution in [3.63, 3.8) is 0 Å². The van der Waals surface area contributed by atoms with Gasteiger partial charge in [-0.25, -0.2) is 8.42 Å². The fourth-order valence-electron chi connectivity index (χ4n) is 2.24. The minimum absolute atomic E-state index is 0.00439. The van der Waals surface area contributed by atoms with Gasteiger partial charge in [0.05, 0.1) is 29.8 Å². The molecule has 1 heterocycles. The Morgan fingerprint density at radius 1 is 1.29 bits per heavy atom. The molecule has 1 fully saturated rings. The molecule has 0 spiro atoms. The van der Waals surface area contributed by atoms with Gasteiger partial charge in [0.15, 0.2) is 9.84 Å². The minimum atomic E-state index is -3.21. The fourth-order valence-corrected chi connectivity index (χ4v) is 3.13. The van der Waals surface area contributed by atoms with Gasteiger partial charge in [0.1, 0.15) is 0 Å². The Labute approximate surface area is 124 Å². The molecule has 0 aromatic heterocycles. The molecule has 2 N–H and O–H groups in total. The summed E-state index contributed by atoms with van der Waals surface area (Å²) in [6, 6.07) is 6.23. The number of hydrogen-bond acceptors (Lipinski definition) is 5. The van der Waals surface area contributed by atoms with Crippen LogP contribution in [0, 0.1) is 5.92 Å². The molecular weight excluding hydrogens is 292 g/mol. The number of carbonyl (C=O) groups excluding carboxylic acids is 1. The van der Waals surface area contributed by atoms with E-state index in [0.717, 1.165) is 0 Å². The maximum Gasteiger partial charge on any atom is 0.231 e. The highest BCUT2D eigenvalue weighted by atomic mass is 32.2. The lowest BCUT2D eigenvalue weighted by Gasteiger charge is -2.16. The van der Waals surface area contributed by atoms with Crippen LogP contribution in [-0.4, -0.2) is 46.4 Å². The molecule has 0 bridgehead atoms. The van der Waals surface area contributed by atoms with Crippen molar-refractivity contribution < 1.29 is 17.9 Å². The van der Waals surface area contributed by atoms with Crippen molar-refractivity contribution in [2.45, 2.75) is 17.9 Å². The van der Waals surface area contributed by atoms with Crippen molar-refractivity contribution in [2.24, 2.45) is 5.92 Å². The number of anilines is 1. The molecule has 0 radical (unpaired) electrons. The smallest absolute Gasteiger partial charge is 0.231 e. The van der Waals surface area contributed by atoms with Crippen LogP contribution in [-0.2, 0) is 19.4 Å². The normalized spacial score (nSPS) is 22.2. The van der Waals surface area contributed by atoms with Gasteiger partial charge in [-0.3, -0.25) is 4.79 Å². The lowest BCUT2D eigenvalue weighted by atomic mass is 10.0. The molecule has 1 aliphatic heterocycles. The highest BCUT2D eigenvalue weighted by molar-refractivity contribution is 7.91. The van der Waals surface area contributed by atoms with Crippen molar-refractivity contribution in [3.05, 3.63) is 24.3 Å². The summed E-state index contributed by atoms with van der Waals surface area (Å²) < 4.78 is 28.7. The van der Waals surface area contributed by atoms with E-state index in [1.54, 1.807) is 26.1 Å². The Bertz CT molecular complexity index is 598. The highest BCUT2D eigenvalue weighted by Crippen LogP contribution is 2.19. The van der Waals surface area contributed by atoms with Crippen molar-refractivity contribution in [2.75, 3.05) is 31.3 Å². The summed E-state index contributed by atoms with van der Waals surface area (Å²) in [7, 11) is -1.42. The maximum absolute atomic E-state index is 12.2. The molecule has 2 atom stereocenters. The van der Waals surface area contributed by atoms with E-state index in [1.165, 1.54) is 12.1 Å². The molecule has 21 heavy (non-hydrogen) atoms. The molecule has 2 rings (SSSR count). The lowest BCUT2D eigenvalue weighted by molar-refractivity contribution is -0.120. The molecule has 1 aromatic carbocycles. The lowest BCUT2D eigenvalue weighted by Crippen LogP contribution is -2.39. The second-order valence-electron chi connectivity index (χ2n) is 4.96. The van der Waals surface area contributed by atoms with Crippen LogP contribution in [0.1, 0.15) is 6.92 Å². The number of nitrogens with one attached hydrogen (secondary N) is 2. The third-order valence-corrected chi connectivity index (χ3v) is 5.40. The van der Waals surface area contributed by atoms with Crippen LogP contribution in [0.25, 0.3) is 0 Å². The number of benzene rings is 1. The number of likely N-dealkylation sites (N-methyl/N-ethyl adjacent to an activating group) is 1. The Kier molecular flexibility index (Phi) is 4.97. The SMILES string of the molecule is CCS(=O)(=O)c1ccc(NC(=O)C2COCC2NC)cc1. The number of ether oxygens (including phenoxy) is 1. The molecule has 2 unspecified atom stereocenters. The zero-order chi connectivity index (χ0) is 15.5. The average molecular weight is 312 g/mol. The first kappa shape index (κ1) is 15.9. The Hall–Kier alpha value is -1.44. The quantitative estimate of drug-likeness (QED) is 0.834. The van der Waals surface area contributed by atoms with Crippen LogP contribution in [0.15, 0.2) is 29.2 Å². The number of rotatable bonds is 5. The molecule has 0 aliphatic carbocycles. The van der Waals surface area contributed by atoms with E-state index < -0.39 is 9.84 Å². The molecule has 1 aromatic rings. The van der Waals surface area contributed by atoms with E-state index in [0.29, 0.717) is 18.9 Å². The molecule has 116 valence electrons. The topological polar surface area (TPSA) is 84.5 Å². The summed E-state index contributed by atoms with van der Waals surface area (Å²) in [6.07, 6.45) is 0. The van der Waals surface area contributed by atoms with Crippen molar-refractivity contribution in [1.82, 2.24) is 5.32 Å². The largest absolute Gasteiger partial charge is 0.379 e. The van der Waals surface area contributed by atoms with Crippen LogP contribution in [0.3, 0.4) is 0 Å². The Balaban J connectivity index is 2.05. The van der Waals surface area contributed by atoms with Crippen LogP contribution in [0.4, 0.5) is 5.69 Å². The summed E-state index contributed by atoms with van der Waals surface area (Å²) in [5.74, 6) is -0.311. The van der Waals surface area contributed by atoms with Crippen LogP contribution < -0.4 is 10.6 Å². The van der Waals surface area contributed by atoms with E-state index in [4.69, 9.17) is 4.74 Å². The third kappa shape index (κ3) is 3.61. The van der Waals surface area contributed by atoms with Gasteiger partial charge in [-0.15, -0.1) is 0 Å². The predicted molar refractivity (Wildman–Crippen MR) is 80.0 cm³/mol. The average Bonchev–Trinajstić information content (AvgIpc) is 2.96. The van der Waals surface area contributed by atoms with Crippen LogP contribution in [0.5, 0.6) is 0 Å². The standard InChI is InChI=1S/C14H20N2O4S/c1-3-21(18,19)11-6-4-10(5-7-11)16-14(17)12-8-20-9-13(12)15-2/h4-7,12-13,15H,3,8-9H2,1-2H3,(H,16,17). The summed E-state index contributed by atoms with van der Waals surface area (Å²) >= 11 is 0. The zero-order valence-electron chi connectivity index (χ0n) is 12.1. The fraction of sp³-hybridized carbons (Fsp3) is 0.500. The molecule has 6 nitrogen and oxygen atoms in total. The van der Waals surface area contributed by atoms with Gasteiger partial charge in [0, 0.05) is 11.7 Å². The van der Waals surface area contributed by atoms with Crippen LogP contribution in [0.2, 0.25) is 0 Å². The number of carbonyl (C=O) groups is 1. The van der Waals surface area contributed by atoms with E-state index in [-0.39, 0.29) is 28.5 Å². The molecule has 0 saturated carbocycles. The van der Waals surface area contributed by atoms with Crippen molar-refractivity contribution >= 4 is 21.4 Å². The first-order valence-electron chi connectivity index (χ1n) is 6.86. The first-order valence-corrected chi connectivity index (χ1v) is 8.52. The van der Waals surface area contributed by atoms with E-state index in [9.17, 15) is 13.2 Å². The van der Waals surface area contributed by atoms with Crippen molar-refractivity contribution in [1.29, 1.82) is 0 Å². The van der Waals surface area contributed by atoms with Gasteiger partial charge in [0.2, 0.25) is 5.91 Å². The van der Waals surface area contributed by atoms with Crippen LogP contribution >= 0.6 is 0 Å².